The molecule has 1 saturated heterocycles. The van der Waals surface area contributed by atoms with E-state index in [0.717, 1.165) is 37.7 Å². The second-order valence-electron chi connectivity index (χ2n) is 7.62. The summed E-state index contributed by atoms with van der Waals surface area (Å²) in [7, 11) is 0. The molecule has 134 valence electrons. The predicted molar refractivity (Wildman–Crippen MR) is 90.9 cm³/mol. The second kappa shape index (κ2) is 6.28. The minimum absolute atomic E-state index is 0.00925. The van der Waals surface area contributed by atoms with Gasteiger partial charge in [0.05, 0.1) is 5.41 Å². The highest BCUT2D eigenvalue weighted by Crippen LogP contribution is 2.55. The Hall–Kier alpha value is -2.17. The Morgan fingerprint density at radius 1 is 1.08 bits per heavy atom. The number of ketones is 1. The van der Waals surface area contributed by atoms with Gasteiger partial charge in [0.2, 0.25) is 0 Å². The molecule has 5 heteroatoms. The second-order valence-corrected chi connectivity index (χ2v) is 7.62. The van der Waals surface area contributed by atoms with Crippen molar-refractivity contribution in [3.8, 4) is 5.75 Å². The van der Waals surface area contributed by atoms with E-state index < -0.39 is 28.9 Å². The average Bonchev–Trinajstić information content (AvgIpc) is 2.58. The zero-order valence-electron chi connectivity index (χ0n) is 15.0. The third kappa shape index (κ3) is 2.96. The van der Waals surface area contributed by atoms with Crippen LogP contribution in [0.2, 0.25) is 0 Å². The van der Waals surface area contributed by atoms with Crippen LogP contribution >= 0.6 is 0 Å². The molecule has 0 amide bonds. The van der Waals surface area contributed by atoms with Crippen molar-refractivity contribution in [2.75, 3.05) is 0 Å². The van der Waals surface area contributed by atoms with Crippen LogP contribution in [0.5, 0.6) is 5.75 Å². The van der Waals surface area contributed by atoms with Crippen molar-refractivity contribution in [3.05, 3.63) is 29.8 Å². The van der Waals surface area contributed by atoms with E-state index in [2.05, 4.69) is 0 Å². The summed E-state index contributed by atoms with van der Waals surface area (Å²) in [5.74, 6) is -0.437. The molecule has 1 aromatic rings. The largest absolute Gasteiger partial charge is 0.456 e. The summed E-state index contributed by atoms with van der Waals surface area (Å²) in [5.41, 5.74) is -0.987. The molecule has 0 N–H and O–H groups in total. The topological polar surface area (TPSA) is 69.7 Å². The van der Waals surface area contributed by atoms with E-state index in [-0.39, 0.29) is 5.78 Å². The maximum absolute atomic E-state index is 13.3. The van der Waals surface area contributed by atoms with Crippen LogP contribution in [0.1, 0.15) is 64.5 Å². The van der Waals surface area contributed by atoms with Crippen molar-refractivity contribution in [2.45, 2.75) is 59.0 Å². The van der Waals surface area contributed by atoms with Gasteiger partial charge in [-0.2, -0.15) is 0 Å². The molecular weight excluding hydrogens is 320 g/mol. The summed E-state index contributed by atoms with van der Waals surface area (Å²) in [4.78, 5) is 36.8. The van der Waals surface area contributed by atoms with Crippen LogP contribution in [0.15, 0.2) is 24.3 Å². The molecule has 0 unspecified atom stereocenters. The smallest absolute Gasteiger partial charge is 0.319 e. The van der Waals surface area contributed by atoms with Crippen molar-refractivity contribution >= 4 is 17.7 Å². The van der Waals surface area contributed by atoms with E-state index in [1.807, 2.05) is 0 Å². The van der Waals surface area contributed by atoms with E-state index >= 15 is 0 Å². The van der Waals surface area contributed by atoms with Gasteiger partial charge in [-0.15, -0.1) is 0 Å². The number of carbonyl (C=O) groups excluding carboxylic acids is 3. The molecule has 0 radical (unpaired) electrons. The molecule has 25 heavy (non-hydrogen) atoms. The molecule has 2 aliphatic rings. The number of cyclic esters (lactones) is 1. The third-order valence-corrected chi connectivity index (χ3v) is 5.45. The van der Waals surface area contributed by atoms with Gasteiger partial charge < -0.3 is 9.47 Å². The lowest BCUT2D eigenvalue weighted by atomic mass is 9.59. The van der Waals surface area contributed by atoms with Crippen LogP contribution < -0.4 is 4.74 Å². The Kier molecular flexibility index (Phi) is 4.43. The summed E-state index contributed by atoms with van der Waals surface area (Å²) in [6.45, 7) is 4.66. The van der Waals surface area contributed by atoms with E-state index in [4.69, 9.17) is 9.47 Å². The van der Waals surface area contributed by atoms with E-state index in [9.17, 15) is 14.4 Å². The van der Waals surface area contributed by atoms with Crippen LogP contribution in [0, 0.1) is 10.8 Å². The maximum atomic E-state index is 13.3. The van der Waals surface area contributed by atoms with Gasteiger partial charge >= 0.3 is 11.9 Å². The van der Waals surface area contributed by atoms with Crippen molar-refractivity contribution in [1.82, 2.24) is 0 Å². The lowest BCUT2D eigenvalue weighted by molar-refractivity contribution is -0.192. The predicted octanol–water partition coefficient (Wildman–Crippen LogP) is 3.76. The number of ether oxygens (including phenoxy) is 2. The molecule has 5 nitrogen and oxygen atoms in total. The zero-order chi connectivity index (χ0) is 18.2. The normalized spacial score (nSPS) is 24.7. The van der Waals surface area contributed by atoms with E-state index in [0.29, 0.717) is 5.75 Å². The fourth-order valence-electron chi connectivity index (χ4n) is 4.14. The molecule has 1 aromatic carbocycles. The van der Waals surface area contributed by atoms with Gasteiger partial charge in [0, 0.05) is 6.92 Å². The first-order valence-electron chi connectivity index (χ1n) is 8.82. The average molecular weight is 344 g/mol. The van der Waals surface area contributed by atoms with Gasteiger partial charge in [-0.05, 0) is 44.4 Å². The number of carbonyl (C=O) groups is 3. The van der Waals surface area contributed by atoms with Gasteiger partial charge in [-0.3, -0.25) is 14.4 Å². The number of rotatable bonds is 2. The Morgan fingerprint density at radius 2 is 1.68 bits per heavy atom. The minimum Gasteiger partial charge on any atom is -0.456 e. The van der Waals surface area contributed by atoms with E-state index in [1.54, 1.807) is 38.1 Å². The molecule has 1 saturated carbocycles. The molecule has 3 rings (SSSR count). The standard InChI is InChI=1S/C20H24O5/c1-13(21)24-15-9-7-14(8-10-15)16-20(11-5-4-6-12-20)17(22)19(2,3)18(23)25-16/h7-10,16H,4-6,11-12H2,1-3H3/t16-/m0/s1. The number of esters is 2. The molecule has 1 aliphatic carbocycles. The molecule has 0 aromatic heterocycles. The van der Waals surface area contributed by atoms with Gasteiger partial charge in [-0.25, -0.2) is 0 Å². The van der Waals surface area contributed by atoms with Crippen LogP contribution in [0.4, 0.5) is 0 Å². The first-order valence-corrected chi connectivity index (χ1v) is 8.82. The monoisotopic (exact) mass is 344 g/mol. The number of Topliss-reactive ketones (excluding diaryl/α,β-unsaturated/α-hetero) is 1. The first kappa shape index (κ1) is 17.6. The highest BCUT2D eigenvalue weighted by atomic mass is 16.6. The van der Waals surface area contributed by atoms with Crippen molar-refractivity contribution in [3.63, 3.8) is 0 Å². The maximum Gasteiger partial charge on any atom is 0.319 e. The summed E-state index contributed by atoms with van der Waals surface area (Å²) in [5, 5.41) is 0. The number of hydrogen-bond donors (Lipinski definition) is 0. The molecule has 2 fully saturated rings. The highest BCUT2D eigenvalue weighted by Gasteiger charge is 2.60. The van der Waals surface area contributed by atoms with Crippen LogP contribution in [-0.4, -0.2) is 17.7 Å². The Bertz CT molecular complexity index is 695. The van der Waals surface area contributed by atoms with Crippen LogP contribution in [-0.2, 0) is 19.1 Å². The Labute approximate surface area is 147 Å². The summed E-state index contributed by atoms with van der Waals surface area (Å²) >= 11 is 0. The lowest BCUT2D eigenvalue weighted by Crippen LogP contribution is -2.55. The lowest BCUT2D eigenvalue weighted by Gasteiger charge is -2.49. The Morgan fingerprint density at radius 3 is 2.24 bits per heavy atom. The minimum atomic E-state index is -1.11. The molecule has 1 spiro atoms. The molecular formula is C20H24O5. The highest BCUT2D eigenvalue weighted by molar-refractivity contribution is 6.08. The summed E-state index contributed by atoms with van der Waals surface area (Å²) in [6.07, 6.45) is 3.91. The first-order chi connectivity index (χ1) is 11.8. The fourth-order valence-corrected chi connectivity index (χ4v) is 4.14. The van der Waals surface area contributed by atoms with Crippen molar-refractivity contribution < 1.29 is 23.9 Å². The van der Waals surface area contributed by atoms with Crippen LogP contribution in [0.3, 0.4) is 0 Å². The third-order valence-electron chi connectivity index (χ3n) is 5.45. The van der Waals surface area contributed by atoms with Gasteiger partial charge in [0.25, 0.3) is 0 Å². The van der Waals surface area contributed by atoms with Crippen molar-refractivity contribution in [1.29, 1.82) is 0 Å². The van der Waals surface area contributed by atoms with Gasteiger partial charge in [0.15, 0.2) is 5.78 Å². The summed E-state index contributed by atoms with van der Waals surface area (Å²) < 4.78 is 10.9. The Balaban J connectivity index is 1.98. The molecule has 1 heterocycles. The number of hydrogen-bond acceptors (Lipinski definition) is 5. The molecule has 1 aliphatic heterocycles. The molecule has 0 bridgehead atoms. The van der Waals surface area contributed by atoms with Crippen molar-refractivity contribution in [2.24, 2.45) is 10.8 Å². The van der Waals surface area contributed by atoms with Gasteiger partial charge in [-0.1, -0.05) is 31.4 Å². The fraction of sp³-hybridized carbons (Fsp3) is 0.550. The van der Waals surface area contributed by atoms with E-state index in [1.165, 1.54) is 6.92 Å². The SMILES string of the molecule is CC(=O)Oc1ccc([C@@H]2OC(=O)C(C)(C)C(=O)C23CCCCC3)cc1. The number of benzene rings is 1. The zero-order valence-corrected chi connectivity index (χ0v) is 15.0. The quantitative estimate of drug-likeness (QED) is 0.464. The summed E-state index contributed by atoms with van der Waals surface area (Å²) in [6, 6.07) is 6.90. The molecule has 1 atom stereocenters. The van der Waals surface area contributed by atoms with Crippen LogP contribution in [0.25, 0.3) is 0 Å². The van der Waals surface area contributed by atoms with Gasteiger partial charge in [0.1, 0.15) is 17.3 Å².